The van der Waals surface area contributed by atoms with Crippen LogP contribution in [-0.2, 0) is 4.79 Å². The Morgan fingerprint density at radius 1 is 1.07 bits per heavy atom. The second kappa shape index (κ2) is 9.38. The van der Waals surface area contributed by atoms with E-state index < -0.39 is 0 Å². The molecule has 0 aromatic heterocycles. The molecule has 2 amide bonds. The molecule has 2 aromatic rings. The molecule has 7 nitrogen and oxygen atoms in total. The number of nitrogens with one attached hydrogen (secondary N) is 2. The predicted octanol–water partition coefficient (Wildman–Crippen LogP) is 2.47. The van der Waals surface area contributed by atoms with Crippen LogP contribution in [-0.4, -0.2) is 24.3 Å². The van der Waals surface area contributed by atoms with Crippen molar-refractivity contribution in [2.24, 2.45) is 16.5 Å². The lowest BCUT2D eigenvalue weighted by Gasteiger charge is -2.15. The molecule has 0 bridgehead atoms. The predicted molar refractivity (Wildman–Crippen MR) is 108 cm³/mol. The van der Waals surface area contributed by atoms with E-state index in [1.54, 1.807) is 36.4 Å². The number of carbonyl (C=O) groups excluding carboxylic acids is 2. The van der Waals surface area contributed by atoms with Gasteiger partial charge >= 0.3 is 0 Å². The van der Waals surface area contributed by atoms with Crippen molar-refractivity contribution in [3.63, 3.8) is 0 Å². The molecule has 0 fully saturated rings. The average molecular weight is 367 g/mol. The van der Waals surface area contributed by atoms with Crippen LogP contribution in [0.4, 0.5) is 11.4 Å². The third-order valence-corrected chi connectivity index (χ3v) is 4.01. The Kier molecular flexibility index (Phi) is 6.93. The Labute approximate surface area is 158 Å². The van der Waals surface area contributed by atoms with Gasteiger partial charge in [-0.25, -0.2) is 4.99 Å². The summed E-state index contributed by atoms with van der Waals surface area (Å²) in [6.07, 6.45) is 0.703. The smallest absolute Gasteiger partial charge is 0.255 e. The highest BCUT2D eigenvalue weighted by molar-refractivity contribution is 6.04. The molecule has 0 radical (unpaired) electrons. The third kappa shape index (κ3) is 5.57. The minimum Gasteiger partial charge on any atom is -0.370 e. The molecule has 0 aliphatic carbocycles. The number of hydrogen-bond acceptors (Lipinski definition) is 3. The largest absolute Gasteiger partial charge is 0.370 e. The summed E-state index contributed by atoms with van der Waals surface area (Å²) in [5.41, 5.74) is 13.2. The summed E-state index contributed by atoms with van der Waals surface area (Å²) >= 11 is 0. The van der Waals surface area contributed by atoms with Gasteiger partial charge in [-0.2, -0.15) is 0 Å². The number of nitrogens with zero attached hydrogens (tertiary/aromatic N) is 1. The molecule has 27 heavy (non-hydrogen) atoms. The summed E-state index contributed by atoms with van der Waals surface area (Å²) in [7, 11) is 0. The van der Waals surface area contributed by atoms with Crippen molar-refractivity contribution in [3.05, 3.63) is 59.7 Å². The first-order valence-corrected chi connectivity index (χ1v) is 8.83. The van der Waals surface area contributed by atoms with E-state index in [2.05, 4.69) is 15.6 Å². The summed E-state index contributed by atoms with van der Waals surface area (Å²) < 4.78 is 0. The van der Waals surface area contributed by atoms with Crippen LogP contribution < -0.4 is 22.1 Å². The van der Waals surface area contributed by atoms with Crippen LogP contribution in [0.1, 0.15) is 42.1 Å². The van der Waals surface area contributed by atoms with Crippen LogP contribution in [0.2, 0.25) is 0 Å². The first-order valence-electron chi connectivity index (χ1n) is 8.83. The van der Waals surface area contributed by atoms with Crippen LogP contribution in [0.15, 0.2) is 53.5 Å². The summed E-state index contributed by atoms with van der Waals surface area (Å²) in [5.74, 6) is -0.536. The topological polar surface area (TPSA) is 123 Å². The lowest BCUT2D eigenvalue weighted by molar-refractivity contribution is -0.122. The molecule has 0 heterocycles. The van der Waals surface area contributed by atoms with Crippen LogP contribution in [0.5, 0.6) is 0 Å². The van der Waals surface area contributed by atoms with Gasteiger partial charge in [-0.3, -0.25) is 9.59 Å². The van der Waals surface area contributed by atoms with E-state index in [0.29, 0.717) is 29.9 Å². The van der Waals surface area contributed by atoms with E-state index in [1.807, 2.05) is 26.0 Å². The molecule has 6 N–H and O–H groups in total. The molecule has 142 valence electrons. The Hall–Kier alpha value is -3.35. The highest BCUT2D eigenvalue weighted by Gasteiger charge is 2.17. The van der Waals surface area contributed by atoms with Gasteiger partial charge in [0.25, 0.3) is 5.91 Å². The monoisotopic (exact) mass is 367 g/mol. The fraction of sp³-hybridized carbons (Fsp3) is 0.250. The lowest BCUT2D eigenvalue weighted by atomic mass is 9.95. The van der Waals surface area contributed by atoms with Gasteiger partial charge in [0.1, 0.15) is 0 Å². The van der Waals surface area contributed by atoms with Crippen molar-refractivity contribution >= 4 is 29.1 Å². The van der Waals surface area contributed by atoms with Gasteiger partial charge in [-0.15, -0.1) is 0 Å². The highest BCUT2D eigenvalue weighted by atomic mass is 16.2. The number of hydrogen-bond donors (Lipinski definition) is 4. The number of rotatable bonds is 7. The van der Waals surface area contributed by atoms with Crippen molar-refractivity contribution in [1.29, 1.82) is 0 Å². The molecule has 2 aromatic carbocycles. The van der Waals surface area contributed by atoms with Crippen LogP contribution >= 0.6 is 0 Å². The molecule has 0 saturated heterocycles. The van der Waals surface area contributed by atoms with Crippen molar-refractivity contribution in [2.75, 3.05) is 11.9 Å². The van der Waals surface area contributed by atoms with Gasteiger partial charge in [0.2, 0.25) is 5.91 Å². The first-order chi connectivity index (χ1) is 12.9. The zero-order valence-corrected chi connectivity index (χ0v) is 15.5. The van der Waals surface area contributed by atoms with Crippen molar-refractivity contribution < 1.29 is 9.59 Å². The molecule has 0 spiro atoms. The van der Waals surface area contributed by atoms with Crippen molar-refractivity contribution in [3.8, 4) is 0 Å². The van der Waals surface area contributed by atoms with Crippen LogP contribution in [0, 0.1) is 0 Å². The number of benzene rings is 2. The van der Waals surface area contributed by atoms with E-state index in [-0.39, 0.29) is 23.7 Å². The number of guanidine groups is 1. The third-order valence-electron chi connectivity index (χ3n) is 4.01. The van der Waals surface area contributed by atoms with Crippen molar-refractivity contribution in [1.82, 2.24) is 5.32 Å². The minimum absolute atomic E-state index is 0.00771. The maximum atomic E-state index is 12.4. The maximum Gasteiger partial charge on any atom is 0.255 e. The fourth-order valence-corrected chi connectivity index (χ4v) is 2.74. The Balaban J connectivity index is 2.11. The number of aliphatic imine (C=N–C) groups is 1. The van der Waals surface area contributed by atoms with Gasteiger partial charge in [-0.05, 0) is 49.2 Å². The fourth-order valence-electron chi connectivity index (χ4n) is 2.74. The Morgan fingerprint density at radius 3 is 2.37 bits per heavy atom. The Morgan fingerprint density at radius 2 is 1.78 bits per heavy atom. The number of likely N-dealkylation sites (N-methyl/N-ethyl adjacent to an activating group) is 1. The summed E-state index contributed by atoms with van der Waals surface area (Å²) in [6, 6.07) is 14.0. The van der Waals surface area contributed by atoms with E-state index in [1.165, 1.54) is 0 Å². The highest BCUT2D eigenvalue weighted by Crippen LogP contribution is 2.22. The van der Waals surface area contributed by atoms with Crippen LogP contribution in [0.3, 0.4) is 0 Å². The zero-order valence-electron chi connectivity index (χ0n) is 15.5. The average Bonchev–Trinajstić information content (AvgIpc) is 2.63. The summed E-state index contributed by atoms with van der Waals surface area (Å²) in [5, 5.41) is 5.67. The van der Waals surface area contributed by atoms with Gasteiger partial charge in [0.15, 0.2) is 5.96 Å². The number of anilines is 1. The second-order valence-electron chi connectivity index (χ2n) is 6.02. The normalized spacial score (nSPS) is 11.3. The van der Waals surface area contributed by atoms with Gasteiger partial charge in [0.05, 0.1) is 11.6 Å². The first kappa shape index (κ1) is 20.0. The summed E-state index contributed by atoms with van der Waals surface area (Å²) in [4.78, 5) is 28.5. The molecule has 1 unspecified atom stereocenters. The molecular weight excluding hydrogens is 342 g/mol. The van der Waals surface area contributed by atoms with Crippen LogP contribution in [0.25, 0.3) is 0 Å². The standard InChI is InChI=1S/C20H25N5O2/c1-3-17(19(27)23-4-2)13-8-10-15(11-9-13)24-18(26)14-6-5-7-16(12-14)25-20(21)22/h5-12,17H,3-4H2,1-2H3,(H,23,27)(H,24,26)(H4,21,22,25). The van der Waals surface area contributed by atoms with Gasteiger partial charge < -0.3 is 22.1 Å². The number of carbonyl (C=O) groups is 2. The summed E-state index contributed by atoms with van der Waals surface area (Å²) in [6.45, 7) is 4.47. The molecule has 7 heteroatoms. The molecular formula is C20H25N5O2. The Bertz CT molecular complexity index is 827. The molecule has 0 aliphatic heterocycles. The number of amides is 2. The molecule has 0 aliphatic rings. The van der Waals surface area contributed by atoms with E-state index >= 15 is 0 Å². The zero-order chi connectivity index (χ0) is 19.8. The SMILES string of the molecule is CCNC(=O)C(CC)c1ccc(NC(=O)c2cccc(N=C(N)N)c2)cc1. The molecule has 2 rings (SSSR count). The second-order valence-corrected chi connectivity index (χ2v) is 6.02. The van der Waals surface area contributed by atoms with E-state index in [0.717, 1.165) is 5.56 Å². The molecule has 1 atom stereocenters. The van der Waals surface area contributed by atoms with E-state index in [9.17, 15) is 9.59 Å². The minimum atomic E-state index is -0.272. The van der Waals surface area contributed by atoms with Gasteiger partial charge in [-0.1, -0.05) is 25.1 Å². The van der Waals surface area contributed by atoms with E-state index in [4.69, 9.17) is 11.5 Å². The van der Waals surface area contributed by atoms with Gasteiger partial charge in [0, 0.05) is 17.8 Å². The van der Waals surface area contributed by atoms with Crippen molar-refractivity contribution in [2.45, 2.75) is 26.2 Å². The number of nitrogens with two attached hydrogens (primary N) is 2. The molecule has 0 saturated carbocycles. The quantitative estimate of drug-likeness (QED) is 0.443. The maximum absolute atomic E-state index is 12.4. The lowest BCUT2D eigenvalue weighted by Crippen LogP contribution is -2.28.